The zero-order valence-electron chi connectivity index (χ0n) is 11.0. The van der Waals surface area contributed by atoms with Gasteiger partial charge in [0.25, 0.3) is 0 Å². The summed E-state index contributed by atoms with van der Waals surface area (Å²) in [6.07, 6.45) is 6.75. The van der Waals surface area contributed by atoms with E-state index in [1.165, 1.54) is 18.9 Å². The average molecular weight is 279 g/mol. The summed E-state index contributed by atoms with van der Waals surface area (Å²) >= 11 is 1.94. The first kappa shape index (κ1) is 12.8. The Kier molecular flexibility index (Phi) is 3.39. The summed E-state index contributed by atoms with van der Waals surface area (Å²) in [6, 6.07) is 5.03. The highest BCUT2D eigenvalue weighted by Crippen LogP contribution is 2.36. The molecule has 0 atom stereocenters. The zero-order chi connectivity index (χ0) is 13.4. The Morgan fingerprint density at radius 1 is 1.32 bits per heavy atom. The molecule has 3 rings (SSSR count). The third kappa shape index (κ3) is 2.31. The lowest BCUT2D eigenvalue weighted by atomic mass is 9.94. The Hall–Kier alpha value is -1.23. The number of benzene rings is 1. The number of anilines is 1. The smallest absolute Gasteiger partial charge is 0.201 e. The number of hydrogen-bond acceptors (Lipinski definition) is 3. The molecular weight excluding hydrogens is 261 g/mol. The molecule has 1 aromatic heterocycles. The first-order valence-electron chi connectivity index (χ1n) is 6.65. The Bertz CT molecular complexity index is 588. The number of thioether (sulfide) groups is 1. The molecule has 1 aliphatic rings. The SMILES string of the molecule is CSC1CCC(n2c(N)nc3ccc(F)cc32)CC1. The maximum Gasteiger partial charge on any atom is 0.201 e. The van der Waals surface area contributed by atoms with Crippen molar-refractivity contribution in [3.8, 4) is 0 Å². The van der Waals surface area contributed by atoms with Crippen molar-refractivity contribution >= 4 is 28.7 Å². The number of nitrogen functional groups attached to an aromatic ring is 1. The fourth-order valence-corrected chi connectivity index (χ4v) is 3.75. The van der Waals surface area contributed by atoms with Crippen LogP contribution >= 0.6 is 11.8 Å². The molecule has 0 aliphatic heterocycles. The van der Waals surface area contributed by atoms with Gasteiger partial charge in [0.05, 0.1) is 11.0 Å². The van der Waals surface area contributed by atoms with Crippen molar-refractivity contribution < 1.29 is 4.39 Å². The first-order chi connectivity index (χ1) is 9.19. The molecule has 1 aliphatic carbocycles. The Balaban J connectivity index is 1.96. The molecule has 0 spiro atoms. The molecule has 1 heterocycles. The predicted octanol–water partition coefficient (Wildman–Crippen LogP) is 3.60. The van der Waals surface area contributed by atoms with E-state index in [0.29, 0.717) is 12.0 Å². The van der Waals surface area contributed by atoms with Gasteiger partial charge in [-0.2, -0.15) is 11.8 Å². The lowest BCUT2D eigenvalue weighted by Gasteiger charge is -2.29. The van der Waals surface area contributed by atoms with Crippen LogP contribution in [-0.4, -0.2) is 21.1 Å². The van der Waals surface area contributed by atoms with Crippen LogP contribution in [0.1, 0.15) is 31.7 Å². The van der Waals surface area contributed by atoms with Gasteiger partial charge in [0.1, 0.15) is 5.82 Å². The summed E-state index contributed by atoms with van der Waals surface area (Å²) in [7, 11) is 0. The van der Waals surface area contributed by atoms with Gasteiger partial charge in [-0.1, -0.05) is 0 Å². The minimum Gasteiger partial charge on any atom is -0.369 e. The molecular formula is C14H18FN3S. The molecule has 5 heteroatoms. The summed E-state index contributed by atoms with van der Waals surface area (Å²) in [5, 5.41) is 0.754. The van der Waals surface area contributed by atoms with Crippen LogP contribution in [0.15, 0.2) is 18.2 Å². The highest BCUT2D eigenvalue weighted by Gasteiger charge is 2.24. The van der Waals surface area contributed by atoms with Crippen LogP contribution in [0.4, 0.5) is 10.3 Å². The van der Waals surface area contributed by atoms with E-state index in [4.69, 9.17) is 5.73 Å². The second-order valence-corrected chi connectivity index (χ2v) is 6.28. The molecule has 19 heavy (non-hydrogen) atoms. The van der Waals surface area contributed by atoms with E-state index in [9.17, 15) is 4.39 Å². The van der Waals surface area contributed by atoms with Crippen molar-refractivity contribution in [2.45, 2.75) is 37.0 Å². The third-order valence-corrected chi connectivity index (χ3v) is 5.16. The van der Waals surface area contributed by atoms with Crippen LogP contribution in [0.25, 0.3) is 11.0 Å². The minimum absolute atomic E-state index is 0.230. The quantitative estimate of drug-likeness (QED) is 0.913. The van der Waals surface area contributed by atoms with Gasteiger partial charge in [0, 0.05) is 11.3 Å². The monoisotopic (exact) mass is 279 g/mol. The second-order valence-electron chi connectivity index (χ2n) is 5.14. The van der Waals surface area contributed by atoms with E-state index in [1.807, 2.05) is 16.3 Å². The van der Waals surface area contributed by atoms with Crippen molar-refractivity contribution in [1.29, 1.82) is 0 Å². The molecule has 0 bridgehead atoms. The fraction of sp³-hybridized carbons (Fsp3) is 0.500. The number of hydrogen-bond donors (Lipinski definition) is 1. The Labute approximate surface area is 116 Å². The largest absolute Gasteiger partial charge is 0.369 e. The van der Waals surface area contributed by atoms with Crippen LogP contribution in [0.2, 0.25) is 0 Å². The molecule has 3 nitrogen and oxygen atoms in total. The van der Waals surface area contributed by atoms with Gasteiger partial charge >= 0.3 is 0 Å². The standard InChI is InChI=1S/C14H18FN3S/c1-19-11-5-3-10(4-6-11)18-13-8-9(15)2-7-12(13)17-14(18)16/h2,7-8,10-11H,3-6H2,1H3,(H2,16,17). The van der Waals surface area contributed by atoms with Crippen LogP contribution in [-0.2, 0) is 0 Å². The number of halogens is 1. The maximum atomic E-state index is 13.4. The molecule has 0 saturated heterocycles. The van der Waals surface area contributed by atoms with Crippen molar-refractivity contribution in [3.63, 3.8) is 0 Å². The minimum atomic E-state index is -0.230. The van der Waals surface area contributed by atoms with Crippen molar-refractivity contribution in [1.82, 2.24) is 9.55 Å². The molecule has 0 unspecified atom stereocenters. The number of fused-ring (bicyclic) bond motifs is 1. The maximum absolute atomic E-state index is 13.4. The second kappa shape index (κ2) is 5.04. The van der Waals surface area contributed by atoms with E-state index < -0.39 is 0 Å². The summed E-state index contributed by atoms with van der Waals surface area (Å²) in [4.78, 5) is 4.34. The number of nitrogens with zero attached hydrogens (tertiary/aromatic N) is 2. The average Bonchev–Trinajstić information content (AvgIpc) is 2.74. The number of nitrogens with two attached hydrogens (primary N) is 1. The van der Waals surface area contributed by atoms with Crippen LogP contribution in [0.5, 0.6) is 0 Å². The molecule has 102 valence electrons. The summed E-state index contributed by atoms with van der Waals surface area (Å²) in [5.41, 5.74) is 7.63. The molecule has 2 N–H and O–H groups in total. The van der Waals surface area contributed by atoms with Crippen LogP contribution < -0.4 is 5.73 Å². The highest BCUT2D eigenvalue weighted by atomic mass is 32.2. The van der Waals surface area contributed by atoms with E-state index >= 15 is 0 Å². The van der Waals surface area contributed by atoms with Gasteiger partial charge < -0.3 is 10.3 Å². The molecule has 1 aromatic carbocycles. The van der Waals surface area contributed by atoms with E-state index in [2.05, 4.69) is 11.2 Å². The van der Waals surface area contributed by atoms with E-state index in [-0.39, 0.29) is 5.82 Å². The van der Waals surface area contributed by atoms with Gasteiger partial charge in [0.2, 0.25) is 5.95 Å². The van der Waals surface area contributed by atoms with Crippen molar-refractivity contribution in [2.24, 2.45) is 0 Å². The molecule has 0 amide bonds. The van der Waals surface area contributed by atoms with Gasteiger partial charge in [-0.15, -0.1) is 0 Å². The van der Waals surface area contributed by atoms with Crippen LogP contribution in [0.3, 0.4) is 0 Å². The number of rotatable bonds is 2. The molecule has 1 saturated carbocycles. The fourth-order valence-electron chi connectivity index (χ4n) is 3.01. The summed E-state index contributed by atoms with van der Waals surface area (Å²) in [5.74, 6) is 0.277. The zero-order valence-corrected chi connectivity index (χ0v) is 11.8. The lowest BCUT2D eigenvalue weighted by molar-refractivity contribution is 0.369. The molecule has 1 fully saturated rings. The van der Waals surface area contributed by atoms with Gasteiger partial charge in [-0.25, -0.2) is 9.37 Å². The Morgan fingerprint density at radius 3 is 2.74 bits per heavy atom. The lowest BCUT2D eigenvalue weighted by Crippen LogP contribution is -2.20. The summed E-state index contributed by atoms with van der Waals surface area (Å²) in [6.45, 7) is 0. The first-order valence-corrected chi connectivity index (χ1v) is 7.93. The number of imidazole rings is 1. The van der Waals surface area contributed by atoms with Crippen molar-refractivity contribution in [2.75, 3.05) is 12.0 Å². The Morgan fingerprint density at radius 2 is 2.05 bits per heavy atom. The topological polar surface area (TPSA) is 43.8 Å². The van der Waals surface area contributed by atoms with E-state index in [1.54, 1.807) is 12.1 Å². The van der Waals surface area contributed by atoms with E-state index in [0.717, 1.165) is 29.1 Å². The van der Waals surface area contributed by atoms with Gasteiger partial charge in [-0.3, -0.25) is 0 Å². The molecule has 2 aromatic rings. The normalized spacial score (nSPS) is 23.9. The summed E-state index contributed by atoms with van der Waals surface area (Å²) < 4.78 is 15.4. The van der Waals surface area contributed by atoms with Gasteiger partial charge in [0.15, 0.2) is 0 Å². The van der Waals surface area contributed by atoms with Crippen LogP contribution in [0, 0.1) is 5.82 Å². The third-order valence-electron chi connectivity index (χ3n) is 4.02. The van der Waals surface area contributed by atoms with Crippen molar-refractivity contribution in [3.05, 3.63) is 24.0 Å². The number of aromatic nitrogens is 2. The molecule has 0 radical (unpaired) electrons. The predicted molar refractivity (Wildman–Crippen MR) is 78.9 cm³/mol. The highest BCUT2D eigenvalue weighted by molar-refractivity contribution is 7.99. The van der Waals surface area contributed by atoms with Gasteiger partial charge in [-0.05, 0) is 50.1 Å².